The lowest BCUT2D eigenvalue weighted by atomic mass is 10.1. The minimum Gasteiger partial charge on any atom is -0.497 e. The van der Waals surface area contributed by atoms with Crippen molar-refractivity contribution in [3.63, 3.8) is 0 Å². The lowest BCUT2D eigenvalue weighted by molar-refractivity contribution is -0.125. The molecule has 4 aromatic rings. The van der Waals surface area contributed by atoms with Gasteiger partial charge in [-0.15, -0.1) is 0 Å². The second-order valence-corrected chi connectivity index (χ2v) is 7.27. The van der Waals surface area contributed by atoms with Gasteiger partial charge in [0.15, 0.2) is 16.9 Å². The van der Waals surface area contributed by atoms with E-state index in [1.165, 1.54) is 6.07 Å². The molecule has 0 radical (unpaired) electrons. The summed E-state index contributed by atoms with van der Waals surface area (Å²) in [5.74, 6) is 1.88. The largest absolute Gasteiger partial charge is 0.497 e. The first-order valence-electron chi connectivity index (χ1n) is 10.0. The van der Waals surface area contributed by atoms with Gasteiger partial charge in [-0.05, 0) is 54.6 Å². The van der Waals surface area contributed by atoms with E-state index >= 15 is 0 Å². The molecule has 2 heterocycles. The smallest absolute Gasteiger partial charge is 0.269 e. The summed E-state index contributed by atoms with van der Waals surface area (Å²) in [4.78, 5) is 25.1. The predicted octanol–water partition coefficient (Wildman–Crippen LogP) is 4.25. The Kier molecular flexibility index (Phi) is 4.99. The molecule has 1 amide bonds. The molecule has 7 heteroatoms. The maximum absolute atomic E-state index is 12.6. The Labute approximate surface area is 183 Å². The van der Waals surface area contributed by atoms with Gasteiger partial charge in [-0.25, -0.2) is 0 Å². The molecule has 32 heavy (non-hydrogen) atoms. The molecule has 0 spiro atoms. The van der Waals surface area contributed by atoms with E-state index in [4.69, 9.17) is 18.6 Å². The number of para-hydroxylation sites is 2. The fourth-order valence-electron chi connectivity index (χ4n) is 3.49. The first-order valence-corrected chi connectivity index (χ1v) is 10.0. The molecule has 1 aliphatic rings. The van der Waals surface area contributed by atoms with E-state index in [-0.39, 0.29) is 17.9 Å². The molecule has 1 N–H and O–H groups in total. The number of rotatable bonds is 4. The van der Waals surface area contributed by atoms with Crippen LogP contribution < -0.4 is 25.0 Å². The summed E-state index contributed by atoms with van der Waals surface area (Å²) in [5, 5.41) is 3.28. The molecular formula is C25H19NO6. The quantitative estimate of drug-likeness (QED) is 0.522. The minimum absolute atomic E-state index is 0.133. The molecule has 0 fully saturated rings. The number of benzene rings is 3. The van der Waals surface area contributed by atoms with Crippen molar-refractivity contribution in [3.8, 4) is 28.6 Å². The van der Waals surface area contributed by atoms with Crippen LogP contribution in [-0.2, 0) is 4.79 Å². The number of carbonyl (C=O) groups excluding carboxylic acids is 1. The maximum atomic E-state index is 12.6. The van der Waals surface area contributed by atoms with Crippen LogP contribution in [-0.4, -0.2) is 25.7 Å². The summed E-state index contributed by atoms with van der Waals surface area (Å²) < 4.78 is 22.4. The second-order valence-electron chi connectivity index (χ2n) is 7.27. The van der Waals surface area contributed by atoms with E-state index < -0.39 is 6.10 Å². The molecule has 7 nitrogen and oxygen atoms in total. The van der Waals surface area contributed by atoms with E-state index in [1.807, 2.05) is 12.1 Å². The van der Waals surface area contributed by atoms with Crippen molar-refractivity contribution in [1.82, 2.24) is 0 Å². The number of anilines is 1. The average Bonchev–Trinajstić information content (AvgIpc) is 2.84. The van der Waals surface area contributed by atoms with Crippen LogP contribution >= 0.6 is 0 Å². The zero-order valence-electron chi connectivity index (χ0n) is 17.2. The van der Waals surface area contributed by atoms with Gasteiger partial charge in [-0.1, -0.05) is 12.1 Å². The summed E-state index contributed by atoms with van der Waals surface area (Å²) in [5.41, 5.74) is 1.62. The predicted molar refractivity (Wildman–Crippen MR) is 119 cm³/mol. The molecule has 0 aliphatic carbocycles. The zero-order valence-corrected chi connectivity index (χ0v) is 17.2. The molecule has 1 atom stereocenters. The van der Waals surface area contributed by atoms with E-state index in [2.05, 4.69) is 5.32 Å². The Morgan fingerprint density at radius 2 is 1.78 bits per heavy atom. The normalized spacial score (nSPS) is 14.7. The van der Waals surface area contributed by atoms with E-state index in [0.29, 0.717) is 45.2 Å². The summed E-state index contributed by atoms with van der Waals surface area (Å²) in [7, 11) is 1.55. The standard InChI is InChI=1S/C25H19NO6/c1-29-17-10-11-20-18(12-17)19(27)13-23(31-20)15-6-8-16(9-7-15)26-25(28)24-14-30-21-4-2-3-5-22(21)32-24/h2-13,24H,14H2,1H3,(H,26,28). The minimum atomic E-state index is -0.750. The van der Waals surface area contributed by atoms with Crippen molar-refractivity contribution >= 4 is 22.6 Å². The highest BCUT2D eigenvalue weighted by molar-refractivity contribution is 5.95. The Morgan fingerprint density at radius 3 is 2.56 bits per heavy atom. The Morgan fingerprint density at radius 1 is 1.00 bits per heavy atom. The highest BCUT2D eigenvalue weighted by Crippen LogP contribution is 2.31. The molecule has 5 rings (SSSR count). The van der Waals surface area contributed by atoms with Gasteiger partial charge >= 0.3 is 0 Å². The van der Waals surface area contributed by atoms with Gasteiger partial charge in [-0.2, -0.15) is 0 Å². The van der Waals surface area contributed by atoms with Crippen LogP contribution in [0.25, 0.3) is 22.3 Å². The number of hydrogen-bond donors (Lipinski definition) is 1. The summed E-state index contributed by atoms with van der Waals surface area (Å²) in [6, 6.07) is 20.8. The number of nitrogens with one attached hydrogen (secondary N) is 1. The SMILES string of the molecule is COc1ccc2oc(-c3ccc(NC(=O)C4COc5ccccc5O4)cc3)cc(=O)c2c1. The average molecular weight is 429 g/mol. The topological polar surface area (TPSA) is 87.0 Å². The van der Waals surface area contributed by atoms with Crippen molar-refractivity contribution in [2.75, 3.05) is 19.0 Å². The molecule has 0 bridgehead atoms. The van der Waals surface area contributed by atoms with Gasteiger partial charge in [0, 0.05) is 17.3 Å². The second kappa shape index (κ2) is 8.11. The Balaban J connectivity index is 1.32. The van der Waals surface area contributed by atoms with Crippen LogP contribution in [0.1, 0.15) is 0 Å². The summed E-state index contributed by atoms with van der Waals surface area (Å²) in [6.45, 7) is 0.133. The third kappa shape index (κ3) is 3.76. The van der Waals surface area contributed by atoms with Gasteiger partial charge < -0.3 is 23.9 Å². The molecule has 0 saturated heterocycles. The van der Waals surface area contributed by atoms with E-state index in [1.54, 1.807) is 61.7 Å². The van der Waals surface area contributed by atoms with Crippen LogP contribution in [0.5, 0.6) is 17.2 Å². The number of amides is 1. The van der Waals surface area contributed by atoms with Crippen LogP contribution in [0.3, 0.4) is 0 Å². The lowest BCUT2D eigenvalue weighted by Crippen LogP contribution is -2.40. The van der Waals surface area contributed by atoms with Crippen molar-refractivity contribution in [2.24, 2.45) is 0 Å². The lowest BCUT2D eigenvalue weighted by Gasteiger charge is -2.25. The molecule has 0 saturated carbocycles. The highest BCUT2D eigenvalue weighted by Gasteiger charge is 2.27. The maximum Gasteiger partial charge on any atom is 0.269 e. The first kappa shape index (κ1) is 19.7. The Bertz CT molecular complexity index is 1360. The van der Waals surface area contributed by atoms with E-state index in [9.17, 15) is 9.59 Å². The van der Waals surface area contributed by atoms with Crippen LogP contribution in [0.2, 0.25) is 0 Å². The third-order valence-corrected chi connectivity index (χ3v) is 5.17. The highest BCUT2D eigenvalue weighted by atomic mass is 16.6. The summed E-state index contributed by atoms with van der Waals surface area (Å²) in [6.07, 6.45) is -0.750. The van der Waals surface area contributed by atoms with Crippen molar-refractivity contribution in [2.45, 2.75) is 6.10 Å². The van der Waals surface area contributed by atoms with Gasteiger partial charge in [-0.3, -0.25) is 9.59 Å². The number of ether oxygens (including phenoxy) is 3. The van der Waals surface area contributed by atoms with Gasteiger partial charge in [0.25, 0.3) is 5.91 Å². The fourth-order valence-corrected chi connectivity index (χ4v) is 3.49. The van der Waals surface area contributed by atoms with Gasteiger partial charge in [0.1, 0.15) is 23.7 Å². The van der Waals surface area contributed by atoms with Gasteiger partial charge in [0.05, 0.1) is 12.5 Å². The van der Waals surface area contributed by atoms with Crippen LogP contribution in [0.4, 0.5) is 5.69 Å². The van der Waals surface area contributed by atoms with Crippen LogP contribution in [0, 0.1) is 0 Å². The third-order valence-electron chi connectivity index (χ3n) is 5.17. The molecule has 1 unspecified atom stereocenters. The first-order chi connectivity index (χ1) is 15.6. The molecular weight excluding hydrogens is 410 g/mol. The molecule has 3 aromatic carbocycles. The molecule has 1 aliphatic heterocycles. The number of carbonyl (C=O) groups is 1. The van der Waals surface area contributed by atoms with Crippen molar-refractivity contribution in [3.05, 3.63) is 83.0 Å². The van der Waals surface area contributed by atoms with E-state index in [0.717, 1.165) is 0 Å². The van der Waals surface area contributed by atoms with Crippen molar-refractivity contribution in [1.29, 1.82) is 0 Å². The number of hydrogen-bond acceptors (Lipinski definition) is 6. The number of fused-ring (bicyclic) bond motifs is 2. The van der Waals surface area contributed by atoms with Crippen molar-refractivity contribution < 1.29 is 23.4 Å². The Hall–Kier alpha value is -4.26. The fraction of sp³-hybridized carbons (Fsp3) is 0.120. The number of methoxy groups -OCH3 is 1. The monoisotopic (exact) mass is 429 g/mol. The zero-order chi connectivity index (χ0) is 22.1. The summed E-state index contributed by atoms with van der Waals surface area (Å²) >= 11 is 0. The molecule has 1 aromatic heterocycles. The van der Waals surface area contributed by atoms with Crippen LogP contribution in [0.15, 0.2) is 82.0 Å². The van der Waals surface area contributed by atoms with Gasteiger partial charge in [0.2, 0.25) is 6.10 Å². The molecule has 160 valence electrons.